The molecule has 0 bridgehead atoms. The molecule has 1 aromatic heterocycles. The van der Waals surface area contributed by atoms with Crippen molar-refractivity contribution in [2.45, 2.75) is 32.4 Å². The summed E-state index contributed by atoms with van der Waals surface area (Å²) in [5, 5.41) is 7.82. The van der Waals surface area contributed by atoms with Crippen molar-refractivity contribution in [3.8, 4) is 5.75 Å². The summed E-state index contributed by atoms with van der Waals surface area (Å²) in [5.41, 5.74) is 2.42. The fourth-order valence-corrected chi connectivity index (χ4v) is 2.58. The lowest BCUT2D eigenvalue weighted by molar-refractivity contribution is 0.401. The number of methoxy groups -OCH3 is 1. The van der Waals surface area contributed by atoms with E-state index in [0.29, 0.717) is 6.04 Å². The standard InChI is InChI=1S/C16H23N3O/c1-12(11-14-7-5-6-8-16(14)20-4)18-13(2)15-9-10-17-19(15)3/h5-10,12-13,18H,11H2,1-4H3. The largest absolute Gasteiger partial charge is 0.496 e. The fraction of sp³-hybridized carbons (Fsp3) is 0.438. The topological polar surface area (TPSA) is 39.1 Å². The molecule has 1 N–H and O–H groups in total. The van der Waals surface area contributed by atoms with Crippen molar-refractivity contribution in [2.75, 3.05) is 7.11 Å². The van der Waals surface area contributed by atoms with Crippen molar-refractivity contribution < 1.29 is 4.74 Å². The van der Waals surface area contributed by atoms with E-state index < -0.39 is 0 Å². The maximum atomic E-state index is 5.40. The van der Waals surface area contributed by atoms with E-state index in [1.54, 1.807) is 7.11 Å². The first-order valence-electron chi connectivity index (χ1n) is 6.97. The molecule has 2 aromatic rings. The number of benzene rings is 1. The van der Waals surface area contributed by atoms with Crippen molar-refractivity contribution in [3.05, 3.63) is 47.8 Å². The van der Waals surface area contributed by atoms with Gasteiger partial charge in [0.05, 0.1) is 12.8 Å². The van der Waals surface area contributed by atoms with Crippen LogP contribution in [-0.2, 0) is 13.5 Å². The Kier molecular flexibility index (Phi) is 4.79. The highest BCUT2D eigenvalue weighted by molar-refractivity contribution is 5.33. The van der Waals surface area contributed by atoms with Crippen LogP contribution in [0.1, 0.15) is 31.1 Å². The van der Waals surface area contributed by atoms with Gasteiger partial charge in [0.1, 0.15) is 5.75 Å². The molecule has 0 saturated heterocycles. The molecule has 0 saturated carbocycles. The fourth-order valence-electron chi connectivity index (χ4n) is 2.58. The minimum Gasteiger partial charge on any atom is -0.496 e. The van der Waals surface area contributed by atoms with Crippen molar-refractivity contribution >= 4 is 0 Å². The molecule has 2 unspecified atom stereocenters. The van der Waals surface area contributed by atoms with Gasteiger partial charge in [-0.3, -0.25) is 4.68 Å². The number of para-hydroxylation sites is 1. The number of nitrogens with one attached hydrogen (secondary N) is 1. The van der Waals surface area contributed by atoms with Crippen LogP contribution in [-0.4, -0.2) is 22.9 Å². The lowest BCUT2D eigenvalue weighted by atomic mass is 10.0. The van der Waals surface area contributed by atoms with Gasteiger partial charge in [0.2, 0.25) is 0 Å². The zero-order valence-corrected chi connectivity index (χ0v) is 12.6. The van der Waals surface area contributed by atoms with Crippen LogP contribution in [0.5, 0.6) is 5.75 Å². The second-order valence-corrected chi connectivity index (χ2v) is 5.19. The molecule has 2 rings (SSSR count). The molecule has 0 radical (unpaired) electrons. The number of hydrogen-bond donors (Lipinski definition) is 1. The van der Waals surface area contributed by atoms with Crippen molar-refractivity contribution in [3.63, 3.8) is 0 Å². The molecule has 108 valence electrons. The first kappa shape index (κ1) is 14.6. The maximum Gasteiger partial charge on any atom is 0.122 e. The van der Waals surface area contributed by atoms with Gasteiger partial charge in [-0.2, -0.15) is 5.10 Å². The van der Waals surface area contributed by atoms with E-state index in [4.69, 9.17) is 4.74 Å². The van der Waals surface area contributed by atoms with Crippen LogP contribution in [0.4, 0.5) is 0 Å². The lowest BCUT2D eigenvalue weighted by Gasteiger charge is -2.21. The van der Waals surface area contributed by atoms with Crippen molar-refractivity contribution in [1.29, 1.82) is 0 Å². The van der Waals surface area contributed by atoms with Crippen molar-refractivity contribution in [1.82, 2.24) is 15.1 Å². The van der Waals surface area contributed by atoms with Crippen LogP contribution in [0.15, 0.2) is 36.5 Å². The number of aromatic nitrogens is 2. The Balaban J connectivity index is 1.99. The second kappa shape index (κ2) is 6.57. The van der Waals surface area contributed by atoms with Crippen LogP contribution >= 0.6 is 0 Å². The Morgan fingerprint density at radius 3 is 2.65 bits per heavy atom. The molecule has 20 heavy (non-hydrogen) atoms. The molecule has 2 atom stereocenters. The highest BCUT2D eigenvalue weighted by Crippen LogP contribution is 2.20. The van der Waals surface area contributed by atoms with Crippen LogP contribution in [0.2, 0.25) is 0 Å². The molecule has 1 aromatic carbocycles. The Labute approximate surface area is 120 Å². The van der Waals surface area contributed by atoms with Gasteiger partial charge < -0.3 is 10.1 Å². The number of rotatable bonds is 6. The Bertz CT molecular complexity index is 550. The second-order valence-electron chi connectivity index (χ2n) is 5.19. The minimum atomic E-state index is 0.271. The van der Waals surface area contributed by atoms with Gasteiger partial charge in [-0.25, -0.2) is 0 Å². The number of hydrogen-bond acceptors (Lipinski definition) is 3. The van der Waals surface area contributed by atoms with Gasteiger partial charge in [0.15, 0.2) is 0 Å². The molecule has 4 nitrogen and oxygen atoms in total. The number of nitrogens with zero attached hydrogens (tertiary/aromatic N) is 2. The molecule has 4 heteroatoms. The summed E-state index contributed by atoms with van der Waals surface area (Å²) in [7, 11) is 3.69. The number of ether oxygens (including phenoxy) is 1. The molecular formula is C16H23N3O. The average molecular weight is 273 g/mol. The summed E-state index contributed by atoms with van der Waals surface area (Å²) in [6.07, 6.45) is 2.77. The molecule has 0 aliphatic rings. The van der Waals surface area contributed by atoms with Gasteiger partial charge in [-0.1, -0.05) is 18.2 Å². The molecule has 0 aliphatic heterocycles. The highest BCUT2D eigenvalue weighted by Gasteiger charge is 2.14. The number of aryl methyl sites for hydroxylation is 1. The SMILES string of the molecule is COc1ccccc1CC(C)NC(C)c1ccnn1C. The van der Waals surface area contributed by atoms with Gasteiger partial charge >= 0.3 is 0 Å². The minimum absolute atomic E-state index is 0.271. The van der Waals surface area contributed by atoms with Gasteiger partial charge in [-0.15, -0.1) is 0 Å². The van der Waals surface area contributed by atoms with Crippen LogP contribution < -0.4 is 10.1 Å². The van der Waals surface area contributed by atoms with E-state index in [-0.39, 0.29) is 6.04 Å². The summed E-state index contributed by atoms with van der Waals surface area (Å²) in [4.78, 5) is 0. The van der Waals surface area contributed by atoms with E-state index in [9.17, 15) is 0 Å². The third-order valence-electron chi connectivity index (χ3n) is 3.56. The third kappa shape index (κ3) is 3.39. The average Bonchev–Trinajstić information content (AvgIpc) is 2.85. The van der Waals surface area contributed by atoms with E-state index in [1.807, 2.05) is 36.1 Å². The molecular weight excluding hydrogens is 250 g/mol. The smallest absolute Gasteiger partial charge is 0.122 e. The van der Waals surface area contributed by atoms with Crippen LogP contribution in [0.25, 0.3) is 0 Å². The first-order chi connectivity index (χ1) is 9.61. The highest BCUT2D eigenvalue weighted by atomic mass is 16.5. The van der Waals surface area contributed by atoms with Crippen LogP contribution in [0.3, 0.4) is 0 Å². The molecule has 0 fully saturated rings. The Morgan fingerprint density at radius 1 is 1.25 bits per heavy atom. The maximum absolute atomic E-state index is 5.40. The third-order valence-corrected chi connectivity index (χ3v) is 3.56. The van der Waals surface area contributed by atoms with Gasteiger partial charge in [0, 0.05) is 25.3 Å². The summed E-state index contributed by atoms with van der Waals surface area (Å²) in [6.45, 7) is 4.36. The van der Waals surface area contributed by atoms with E-state index >= 15 is 0 Å². The Hall–Kier alpha value is -1.81. The zero-order valence-electron chi connectivity index (χ0n) is 12.6. The van der Waals surface area contributed by atoms with Gasteiger partial charge in [-0.05, 0) is 38.0 Å². The molecule has 0 spiro atoms. The molecule has 1 heterocycles. The lowest BCUT2D eigenvalue weighted by Crippen LogP contribution is -2.31. The van der Waals surface area contributed by atoms with Crippen LogP contribution in [0, 0.1) is 0 Å². The predicted molar refractivity (Wildman–Crippen MR) is 80.9 cm³/mol. The first-order valence-corrected chi connectivity index (χ1v) is 6.97. The van der Waals surface area contributed by atoms with Crippen molar-refractivity contribution in [2.24, 2.45) is 7.05 Å². The van der Waals surface area contributed by atoms with E-state index in [0.717, 1.165) is 12.2 Å². The van der Waals surface area contributed by atoms with E-state index in [2.05, 4.69) is 36.4 Å². The summed E-state index contributed by atoms with van der Waals surface area (Å²) < 4.78 is 7.31. The zero-order chi connectivity index (χ0) is 14.5. The summed E-state index contributed by atoms with van der Waals surface area (Å²) in [5.74, 6) is 0.953. The summed E-state index contributed by atoms with van der Waals surface area (Å²) in [6, 6.07) is 10.9. The summed E-state index contributed by atoms with van der Waals surface area (Å²) >= 11 is 0. The van der Waals surface area contributed by atoms with Gasteiger partial charge in [0.25, 0.3) is 0 Å². The predicted octanol–water partition coefficient (Wildman–Crippen LogP) is 2.71. The Morgan fingerprint density at radius 2 is 2.00 bits per heavy atom. The quantitative estimate of drug-likeness (QED) is 0.879. The molecule has 0 aliphatic carbocycles. The van der Waals surface area contributed by atoms with E-state index in [1.165, 1.54) is 11.3 Å². The monoisotopic (exact) mass is 273 g/mol. The molecule has 0 amide bonds. The normalized spacial score (nSPS) is 14.0.